The van der Waals surface area contributed by atoms with E-state index in [2.05, 4.69) is 4.98 Å². The lowest BCUT2D eigenvalue weighted by Gasteiger charge is -2.28. The van der Waals surface area contributed by atoms with Crippen molar-refractivity contribution in [2.24, 2.45) is 0 Å². The van der Waals surface area contributed by atoms with E-state index in [1.165, 1.54) is 6.20 Å². The first-order chi connectivity index (χ1) is 9.89. The molecule has 21 heavy (non-hydrogen) atoms. The van der Waals surface area contributed by atoms with Gasteiger partial charge in [-0.3, -0.25) is 4.79 Å². The largest absolute Gasteiger partial charge is 0.475 e. The highest BCUT2D eigenvalue weighted by Crippen LogP contribution is 2.30. The van der Waals surface area contributed by atoms with E-state index in [0.717, 1.165) is 25.7 Å². The number of carbonyl (C=O) groups is 1. The lowest BCUT2D eigenvalue weighted by atomic mass is 10.0. The number of hydrogen-bond donors (Lipinski definition) is 1. The summed E-state index contributed by atoms with van der Waals surface area (Å²) in [5, 5.41) is 10.4. The third kappa shape index (κ3) is 4.17. The van der Waals surface area contributed by atoms with E-state index in [0.29, 0.717) is 18.0 Å². The van der Waals surface area contributed by atoms with Gasteiger partial charge in [0.05, 0.1) is 17.3 Å². The highest BCUT2D eigenvalue weighted by atomic mass is 16.5. The predicted octanol–water partition coefficient (Wildman–Crippen LogP) is 2.25. The Morgan fingerprint density at radius 2 is 2.10 bits per heavy atom. The fraction of sp³-hybridized carbons (Fsp3) is 0.625. The number of aromatic nitrogens is 1. The van der Waals surface area contributed by atoms with E-state index >= 15 is 0 Å². The Bertz CT molecular complexity index is 479. The van der Waals surface area contributed by atoms with Crippen LogP contribution in [0.3, 0.4) is 0 Å². The first-order valence-electron chi connectivity index (χ1n) is 7.50. The summed E-state index contributed by atoms with van der Waals surface area (Å²) in [5.74, 6) is 0.387. The van der Waals surface area contributed by atoms with Gasteiger partial charge in [-0.25, -0.2) is 4.98 Å². The minimum Gasteiger partial charge on any atom is -0.475 e. The number of nitrogens with zero attached hydrogens (tertiary/aromatic N) is 2. The van der Waals surface area contributed by atoms with Crippen molar-refractivity contribution >= 4 is 5.91 Å². The molecule has 0 unspecified atom stereocenters. The molecule has 5 nitrogen and oxygen atoms in total. The van der Waals surface area contributed by atoms with E-state index < -0.39 is 5.60 Å². The molecule has 1 aliphatic carbocycles. The molecule has 1 fully saturated rings. The second kappa shape index (κ2) is 6.43. The van der Waals surface area contributed by atoms with Crippen LogP contribution in [0.15, 0.2) is 18.3 Å². The Labute approximate surface area is 125 Å². The van der Waals surface area contributed by atoms with E-state index in [1.54, 1.807) is 24.1 Å². The highest BCUT2D eigenvalue weighted by Gasteiger charge is 2.33. The quantitative estimate of drug-likeness (QED) is 0.904. The number of ether oxygens (including phenoxy) is 1. The molecule has 0 spiro atoms. The van der Waals surface area contributed by atoms with Gasteiger partial charge in [0.1, 0.15) is 0 Å². The topological polar surface area (TPSA) is 62.7 Å². The van der Waals surface area contributed by atoms with Crippen molar-refractivity contribution in [3.63, 3.8) is 0 Å². The predicted molar refractivity (Wildman–Crippen MR) is 80.4 cm³/mol. The Morgan fingerprint density at radius 3 is 2.62 bits per heavy atom. The summed E-state index contributed by atoms with van der Waals surface area (Å²) < 4.78 is 5.46. The monoisotopic (exact) mass is 292 g/mol. The summed E-state index contributed by atoms with van der Waals surface area (Å²) >= 11 is 0. The number of aliphatic hydroxyl groups is 1. The van der Waals surface area contributed by atoms with Crippen molar-refractivity contribution in [1.29, 1.82) is 0 Å². The van der Waals surface area contributed by atoms with E-state index in [1.807, 2.05) is 13.8 Å². The highest BCUT2D eigenvalue weighted by molar-refractivity contribution is 5.93. The zero-order valence-corrected chi connectivity index (χ0v) is 13.0. The van der Waals surface area contributed by atoms with Gasteiger partial charge >= 0.3 is 0 Å². The molecule has 1 heterocycles. The summed E-state index contributed by atoms with van der Waals surface area (Å²) in [7, 11) is 1.72. The van der Waals surface area contributed by atoms with Gasteiger partial charge in [-0.1, -0.05) is 12.8 Å². The van der Waals surface area contributed by atoms with Gasteiger partial charge in [-0.05, 0) is 32.8 Å². The van der Waals surface area contributed by atoms with Crippen LogP contribution in [-0.2, 0) is 0 Å². The molecule has 1 amide bonds. The van der Waals surface area contributed by atoms with Gasteiger partial charge in [0.15, 0.2) is 0 Å². The average molecular weight is 292 g/mol. The maximum absolute atomic E-state index is 12.3. The van der Waals surface area contributed by atoms with Gasteiger partial charge in [-0.15, -0.1) is 0 Å². The van der Waals surface area contributed by atoms with Crippen LogP contribution in [0.4, 0.5) is 0 Å². The molecule has 5 heteroatoms. The second-order valence-electron chi connectivity index (χ2n) is 6.14. The molecule has 116 valence electrons. The Hall–Kier alpha value is -1.62. The molecule has 0 atom stereocenters. The minimum absolute atomic E-state index is 0.0540. The molecule has 1 aromatic heterocycles. The molecule has 1 N–H and O–H groups in total. The Morgan fingerprint density at radius 1 is 1.43 bits per heavy atom. The van der Waals surface area contributed by atoms with Crippen molar-refractivity contribution in [3.8, 4) is 5.88 Å². The van der Waals surface area contributed by atoms with Crippen molar-refractivity contribution < 1.29 is 14.6 Å². The van der Waals surface area contributed by atoms with Crippen molar-refractivity contribution in [2.45, 2.75) is 51.2 Å². The SMILES string of the molecule is CC(C)Oc1ccc(C(=O)N(C)CC2(O)CCCC2)cn1. The van der Waals surface area contributed by atoms with Crippen LogP contribution < -0.4 is 4.74 Å². The molecule has 2 rings (SSSR count). The molecule has 0 radical (unpaired) electrons. The van der Waals surface area contributed by atoms with Gasteiger partial charge in [0.2, 0.25) is 5.88 Å². The first kappa shape index (κ1) is 15.8. The summed E-state index contributed by atoms with van der Waals surface area (Å²) in [4.78, 5) is 18.1. The van der Waals surface area contributed by atoms with Crippen molar-refractivity contribution in [3.05, 3.63) is 23.9 Å². The number of carbonyl (C=O) groups excluding carboxylic acids is 1. The average Bonchev–Trinajstić information content (AvgIpc) is 2.84. The summed E-state index contributed by atoms with van der Waals surface area (Å²) in [6.45, 7) is 4.23. The normalized spacial score (nSPS) is 17.0. The van der Waals surface area contributed by atoms with Crippen LogP contribution in [0.5, 0.6) is 5.88 Å². The molecule has 1 aliphatic rings. The second-order valence-corrected chi connectivity index (χ2v) is 6.14. The zero-order chi connectivity index (χ0) is 15.5. The first-order valence-corrected chi connectivity index (χ1v) is 7.50. The molecular weight excluding hydrogens is 268 g/mol. The van der Waals surface area contributed by atoms with E-state index in [-0.39, 0.29) is 12.0 Å². The smallest absolute Gasteiger partial charge is 0.255 e. The third-order valence-electron chi connectivity index (χ3n) is 3.75. The summed E-state index contributed by atoms with van der Waals surface area (Å²) in [6.07, 6.45) is 5.17. The zero-order valence-electron chi connectivity index (χ0n) is 13.0. The van der Waals surface area contributed by atoms with Gasteiger partial charge in [0, 0.05) is 25.9 Å². The molecule has 1 saturated carbocycles. The lowest BCUT2D eigenvalue weighted by Crippen LogP contribution is -2.42. The summed E-state index contributed by atoms with van der Waals surface area (Å²) in [5.41, 5.74) is -0.214. The van der Waals surface area contributed by atoms with Gasteiger partial charge in [0.25, 0.3) is 5.91 Å². The number of amides is 1. The number of likely N-dealkylation sites (N-methyl/N-ethyl adjacent to an activating group) is 1. The lowest BCUT2D eigenvalue weighted by molar-refractivity contribution is 0.0156. The molecule has 0 aromatic carbocycles. The van der Waals surface area contributed by atoms with Crippen LogP contribution in [-0.4, -0.2) is 46.2 Å². The number of hydrogen-bond acceptors (Lipinski definition) is 4. The Kier molecular flexibility index (Phi) is 4.83. The minimum atomic E-state index is -0.724. The van der Waals surface area contributed by atoms with Crippen molar-refractivity contribution in [2.75, 3.05) is 13.6 Å². The van der Waals surface area contributed by atoms with Gasteiger partial charge in [-0.2, -0.15) is 0 Å². The Balaban J connectivity index is 1.98. The molecular formula is C16H24N2O3. The van der Waals surface area contributed by atoms with E-state index in [4.69, 9.17) is 4.74 Å². The summed E-state index contributed by atoms with van der Waals surface area (Å²) in [6, 6.07) is 3.41. The van der Waals surface area contributed by atoms with E-state index in [9.17, 15) is 9.90 Å². The van der Waals surface area contributed by atoms with Crippen LogP contribution in [0.25, 0.3) is 0 Å². The molecule has 0 saturated heterocycles. The van der Waals surface area contributed by atoms with Crippen LogP contribution in [0, 0.1) is 0 Å². The number of pyridine rings is 1. The standard InChI is InChI=1S/C16H24N2O3/c1-12(2)21-14-7-6-13(10-17-14)15(19)18(3)11-16(20)8-4-5-9-16/h6-7,10,12,20H,4-5,8-9,11H2,1-3H3. The van der Waals surface area contributed by atoms with Crippen molar-refractivity contribution in [1.82, 2.24) is 9.88 Å². The molecule has 1 aromatic rings. The van der Waals surface area contributed by atoms with Crippen LogP contribution >= 0.6 is 0 Å². The third-order valence-corrected chi connectivity index (χ3v) is 3.75. The number of rotatable bonds is 5. The molecule has 0 bridgehead atoms. The van der Waals surface area contributed by atoms with Gasteiger partial charge < -0.3 is 14.7 Å². The van der Waals surface area contributed by atoms with Crippen LogP contribution in [0.1, 0.15) is 49.9 Å². The fourth-order valence-electron chi connectivity index (χ4n) is 2.74. The fourth-order valence-corrected chi connectivity index (χ4v) is 2.74. The maximum atomic E-state index is 12.3. The maximum Gasteiger partial charge on any atom is 0.255 e. The van der Waals surface area contributed by atoms with Crippen LogP contribution in [0.2, 0.25) is 0 Å². The molecule has 0 aliphatic heterocycles.